The van der Waals surface area contributed by atoms with Crippen LogP contribution in [0.25, 0.3) is 0 Å². The standard InChI is InChI=1S/C10H11NO3/c1-13-9-5-3-2-4-7(9)8-6-14-10(12)11-8/h2-5,8H,6H2,1H3,(H,11,12). The normalized spacial score (nSPS) is 20.1. The molecule has 0 aliphatic carbocycles. The Hall–Kier alpha value is -1.71. The van der Waals surface area contributed by atoms with Crippen molar-refractivity contribution in [3.8, 4) is 5.75 Å². The van der Waals surface area contributed by atoms with E-state index in [1.54, 1.807) is 7.11 Å². The van der Waals surface area contributed by atoms with E-state index in [0.717, 1.165) is 11.3 Å². The second-order valence-electron chi connectivity index (χ2n) is 3.04. The Bertz CT molecular complexity index is 351. The van der Waals surface area contributed by atoms with Gasteiger partial charge in [0.05, 0.1) is 13.2 Å². The Balaban J connectivity index is 2.27. The van der Waals surface area contributed by atoms with Crippen LogP contribution < -0.4 is 10.1 Å². The average molecular weight is 193 g/mol. The molecule has 1 aromatic carbocycles. The number of hydrogen-bond donors (Lipinski definition) is 1. The van der Waals surface area contributed by atoms with Gasteiger partial charge in [-0.2, -0.15) is 0 Å². The molecule has 4 nitrogen and oxygen atoms in total. The molecule has 1 aliphatic rings. The minimum atomic E-state index is -0.374. The molecule has 0 spiro atoms. The number of rotatable bonds is 2. The molecule has 1 saturated heterocycles. The van der Waals surface area contributed by atoms with E-state index in [4.69, 9.17) is 9.47 Å². The highest BCUT2D eigenvalue weighted by Gasteiger charge is 2.25. The maximum atomic E-state index is 10.9. The highest BCUT2D eigenvalue weighted by atomic mass is 16.6. The van der Waals surface area contributed by atoms with E-state index >= 15 is 0 Å². The fraction of sp³-hybridized carbons (Fsp3) is 0.300. The second kappa shape index (κ2) is 3.57. The van der Waals surface area contributed by atoms with Crippen molar-refractivity contribution in [1.82, 2.24) is 5.32 Å². The molecule has 4 heteroatoms. The molecule has 1 atom stereocenters. The van der Waals surface area contributed by atoms with Gasteiger partial charge in [0.2, 0.25) is 0 Å². The lowest BCUT2D eigenvalue weighted by Gasteiger charge is -2.11. The Kier molecular flexibility index (Phi) is 2.26. The lowest BCUT2D eigenvalue weighted by molar-refractivity contribution is 0.177. The first kappa shape index (κ1) is 8.87. The van der Waals surface area contributed by atoms with E-state index in [0.29, 0.717) is 6.61 Å². The molecule has 1 fully saturated rings. The highest BCUT2D eigenvalue weighted by Crippen LogP contribution is 2.26. The SMILES string of the molecule is COc1ccccc1C1COC(=O)N1. The number of hydrogen-bond acceptors (Lipinski definition) is 3. The predicted octanol–water partition coefficient (Wildman–Crippen LogP) is 1.48. The molecule has 1 unspecified atom stereocenters. The average Bonchev–Trinajstić information content (AvgIpc) is 2.65. The van der Waals surface area contributed by atoms with Crippen molar-refractivity contribution in [2.24, 2.45) is 0 Å². The van der Waals surface area contributed by atoms with Crippen LogP contribution in [0.1, 0.15) is 11.6 Å². The number of alkyl carbamates (subject to hydrolysis) is 1. The van der Waals surface area contributed by atoms with Crippen LogP contribution in [0.2, 0.25) is 0 Å². The quantitative estimate of drug-likeness (QED) is 0.773. The van der Waals surface area contributed by atoms with Crippen LogP contribution in [0.3, 0.4) is 0 Å². The van der Waals surface area contributed by atoms with E-state index < -0.39 is 0 Å². The third-order valence-corrected chi connectivity index (χ3v) is 2.19. The topological polar surface area (TPSA) is 47.6 Å². The molecule has 1 heterocycles. The van der Waals surface area contributed by atoms with E-state index in [-0.39, 0.29) is 12.1 Å². The highest BCUT2D eigenvalue weighted by molar-refractivity contribution is 5.70. The molecule has 74 valence electrons. The van der Waals surface area contributed by atoms with Gasteiger partial charge < -0.3 is 14.8 Å². The molecule has 1 amide bonds. The zero-order chi connectivity index (χ0) is 9.97. The molecule has 0 radical (unpaired) electrons. The summed E-state index contributed by atoms with van der Waals surface area (Å²) in [5.74, 6) is 0.767. The maximum absolute atomic E-state index is 10.9. The van der Waals surface area contributed by atoms with Gasteiger partial charge in [-0.3, -0.25) is 0 Å². The van der Waals surface area contributed by atoms with Crippen LogP contribution in [-0.2, 0) is 4.74 Å². The van der Waals surface area contributed by atoms with Gasteiger partial charge in [-0.05, 0) is 6.07 Å². The van der Waals surface area contributed by atoms with Crippen molar-refractivity contribution >= 4 is 6.09 Å². The number of carbonyl (C=O) groups excluding carboxylic acids is 1. The fourth-order valence-corrected chi connectivity index (χ4v) is 1.51. The van der Waals surface area contributed by atoms with Gasteiger partial charge in [0.25, 0.3) is 0 Å². The summed E-state index contributed by atoms with van der Waals surface area (Å²) in [5.41, 5.74) is 0.945. The minimum Gasteiger partial charge on any atom is -0.496 e. The van der Waals surface area contributed by atoms with E-state index in [1.807, 2.05) is 24.3 Å². The van der Waals surface area contributed by atoms with Crippen molar-refractivity contribution in [3.63, 3.8) is 0 Å². The summed E-state index contributed by atoms with van der Waals surface area (Å²) in [6.07, 6.45) is -0.374. The third-order valence-electron chi connectivity index (χ3n) is 2.19. The fourth-order valence-electron chi connectivity index (χ4n) is 1.51. The van der Waals surface area contributed by atoms with Crippen LogP contribution in [-0.4, -0.2) is 19.8 Å². The number of cyclic esters (lactones) is 1. The molecule has 2 rings (SSSR count). The first-order valence-electron chi connectivity index (χ1n) is 4.37. The minimum absolute atomic E-state index is 0.0985. The Labute approximate surface area is 81.8 Å². The number of amides is 1. The van der Waals surface area contributed by atoms with Crippen LogP contribution in [0, 0.1) is 0 Å². The van der Waals surface area contributed by atoms with Crippen LogP contribution in [0.5, 0.6) is 5.75 Å². The summed E-state index contributed by atoms with van der Waals surface area (Å²) >= 11 is 0. The first-order chi connectivity index (χ1) is 6.81. The Morgan fingerprint density at radius 1 is 1.50 bits per heavy atom. The van der Waals surface area contributed by atoms with Gasteiger partial charge in [0.1, 0.15) is 12.4 Å². The largest absolute Gasteiger partial charge is 0.496 e. The Morgan fingerprint density at radius 3 is 2.93 bits per heavy atom. The molecule has 0 aromatic heterocycles. The molecule has 1 aromatic rings. The third kappa shape index (κ3) is 1.51. The number of ether oxygens (including phenoxy) is 2. The lowest BCUT2D eigenvalue weighted by Crippen LogP contribution is -2.18. The number of benzene rings is 1. The van der Waals surface area contributed by atoms with E-state index in [9.17, 15) is 4.79 Å². The zero-order valence-electron chi connectivity index (χ0n) is 7.82. The first-order valence-corrected chi connectivity index (χ1v) is 4.37. The molecular formula is C10H11NO3. The van der Waals surface area contributed by atoms with Crippen molar-refractivity contribution in [2.45, 2.75) is 6.04 Å². The van der Waals surface area contributed by atoms with Crippen molar-refractivity contribution in [2.75, 3.05) is 13.7 Å². The number of nitrogens with one attached hydrogen (secondary N) is 1. The van der Waals surface area contributed by atoms with E-state index in [2.05, 4.69) is 5.32 Å². The summed E-state index contributed by atoms with van der Waals surface area (Å²) in [7, 11) is 1.61. The van der Waals surface area contributed by atoms with Gasteiger partial charge in [-0.25, -0.2) is 4.79 Å². The van der Waals surface area contributed by atoms with Gasteiger partial charge in [0, 0.05) is 5.56 Å². The molecular weight excluding hydrogens is 182 g/mol. The van der Waals surface area contributed by atoms with Crippen molar-refractivity contribution < 1.29 is 14.3 Å². The van der Waals surface area contributed by atoms with Gasteiger partial charge in [0.15, 0.2) is 0 Å². The van der Waals surface area contributed by atoms with Crippen LogP contribution in [0.4, 0.5) is 4.79 Å². The van der Waals surface area contributed by atoms with Gasteiger partial charge in [-0.15, -0.1) is 0 Å². The summed E-state index contributed by atoms with van der Waals surface area (Å²) in [5, 5.41) is 2.70. The van der Waals surface area contributed by atoms with Crippen LogP contribution >= 0.6 is 0 Å². The smallest absolute Gasteiger partial charge is 0.407 e. The summed E-state index contributed by atoms with van der Waals surface area (Å²) in [6.45, 7) is 0.360. The number of para-hydroxylation sites is 1. The van der Waals surface area contributed by atoms with Crippen molar-refractivity contribution in [3.05, 3.63) is 29.8 Å². The predicted molar refractivity (Wildman–Crippen MR) is 50.2 cm³/mol. The molecule has 1 aliphatic heterocycles. The molecule has 14 heavy (non-hydrogen) atoms. The Morgan fingerprint density at radius 2 is 2.29 bits per heavy atom. The number of carbonyl (C=O) groups is 1. The van der Waals surface area contributed by atoms with Gasteiger partial charge in [-0.1, -0.05) is 18.2 Å². The maximum Gasteiger partial charge on any atom is 0.407 e. The van der Waals surface area contributed by atoms with Crippen molar-refractivity contribution in [1.29, 1.82) is 0 Å². The van der Waals surface area contributed by atoms with E-state index in [1.165, 1.54) is 0 Å². The second-order valence-corrected chi connectivity index (χ2v) is 3.04. The number of methoxy groups -OCH3 is 1. The monoisotopic (exact) mass is 193 g/mol. The summed E-state index contributed by atoms with van der Waals surface area (Å²) in [4.78, 5) is 10.9. The van der Waals surface area contributed by atoms with Crippen LogP contribution in [0.15, 0.2) is 24.3 Å². The summed E-state index contributed by atoms with van der Waals surface area (Å²) in [6, 6.07) is 7.47. The zero-order valence-corrected chi connectivity index (χ0v) is 7.82. The molecule has 0 saturated carbocycles. The van der Waals surface area contributed by atoms with Gasteiger partial charge >= 0.3 is 6.09 Å². The molecule has 0 bridgehead atoms. The molecule has 1 N–H and O–H groups in total. The lowest BCUT2D eigenvalue weighted by atomic mass is 10.1. The summed E-state index contributed by atoms with van der Waals surface area (Å²) < 4.78 is 10.00.